The van der Waals surface area contributed by atoms with Gasteiger partial charge in [0.25, 0.3) is 0 Å². The lowest BCUT2D eigenvalue weighted by Crippen LogP contribution is -2.57. The molecule has 1 atom stereocenters. The lowest BCUT2D eigenvalue weighted by molar-refractivity contribution is -0.127. The molecule has 124 valence electrons. The number of hydrogen-bond donors (Lipinski definition) is 2. The molecule has 3 amide bonds. The number of benzene rings is 1. The topological polar surface area (TPSA) is 87.7 Å². The van der Waals surface area contributed by atoms with Crippen molar-refractivity contribution in [2.45, 2.75) is 19.4 Å². The first kappa shape index (κ1) is 17.1. The van der Waals surface area contributed by atoms with Crippen molar-refractivity contribution in [3.63, 3.8) is 0 Å². The van der Waals surface area contributed by atoms with Gasteiger partial charge in [0.15, 0.2) is 0 Å². The standard InChI is InChI=1S/C15H18ClN3O4/c1-3-12-13(20)17-6-7-19(12)15(22)18-9-4-5-10(11(16)8-9)14(21)23-2/h4-5,8,12H,3,6-7H2,1-2H3,(H,17,20)(H,18,22). The van der Waals surface area contributed by atoms with E-state index in [1.807, 2.05) is 6.92 Å². The number of carbonyl (C=O) groups is 3. The molecule has 1 aromatic carbocycles. The van der Waals surface area contributed by atoms with E-state index in [-0.39, 0.29) is 22.5 Å². The molecule has 1 aromatic rings. The van der Waals surface area contributed by atoms with Crippen LogP contribution in [0, 0.1) is 0 Å². The molecule has 1 saturated heterocycles. The maximum Gasteiger partial charge on any atom is 0.339 e. The molecule has 23 heavy (non-hydrogen) atoms. The molecule has 0 saturated carbocycles. The third kappa shape index (κ3) is 3.73. The number of methoxy groups -OCH3 is 1. The zero-order chi connectivity index (χ0) is 17.0. The summed E-state index contributed by atoms with van der Waals surface area (Å²) in [7, 11) is 1.26. The second kappa shape index (κ2) is 7.32. The van der Waals surface area contributed by atoms with Gasteiger partial charge in [0.1, 0.15) is 6.04 Å². The summed E-state index contributed by atoms with van der Waals surface area (Å²) in [4.78, 5) is 37.1. The minimum absolute atomic E-state index is 0.159. The summed E-state index contributed by atoms with van der Waals surface area (Å²) in [6.45, 7) is 2.70. The van der Waals surface area contributed by atoms with E-state index in [2.05, 4.69) is 15.4 Å². The molecule has 1 aliphatic rings. The Kier molecular flexibility index (Phi) is 5.44. The molecule has 1 fully saturated rings. The predicted octanol–water partition coefficient (Wildman–Crippen LogP) is 1.87. The zero-order valence-electron chi connectivity index (χ0n) is 12.9. The van der Waals surface area contributed by atoms with Gasteiger partial charge in [-0.2, -0.15) is 0 Å². The van der Waals surface area contributed by atoms with Crippen LogP contribution in [0.1, 0.15) is 23.7 Å². The number of nitrogens with one attached hydrogen (secondary N) is 2. The summed E-state index contributed by atoms with van der Waals surface area (Å²) in [5.41, 5.74) is 0.657. The van der Waals surface area contributed by atoms with Gasteiger partial charge in [0.2, 0.25) is 5.91 Å². The Morgan fingerprint density at radius 2 is 2.22 bits per heavy atom. The number of amides is 3. The van der Waals surface area contributed by atoms with Crippen LogP contribution in [0.5, 0.6) is 0 Å². The van der Waals surface area contributed by atoms with E-state index in [1.54, 1.807) is 6.07 Å². The van der Waals surface area contributed by atoms with Crippen LogP contribution >= 0.6 is 11.6 Å². The maximum atomic E-state index is 12.4. The van der Waals surface area contributed by atoms with Crippen molar-refractivity contribution in [1.29, 1.82) is 0 Å². The molecular weight excluding hydrogens is 322 g/mol. The number of nitrogens with zero attached hydrogens (tertiary/aromatic N) is 1. The molecule has 0 radical (unpaired) electrons. The molecule has 0 bridgehead atoms. The normalized spacial score (nSPS) is 17.4. The van der Waals surface area contributed by atoms with Gasteiger partial charge in [0, 0.05) is 18.8 Å². The highest BCUT2D eigenvalue weighted by Crippen LogP contribution is 2.22. The average molecular weight is 340 g/mol. The Hall–Kier alpha value is -2.28. The second-order valence-electron chi connectivity index (χ2n) is 5.02. The van der Waals surface area contributed by atoms with Gasteiger partial charge in [-0.25, -0.2) is 9.59 Å². The highest BCUT2D eigenvalue weighted by Gasteiger charge is 2.31. The van der Waals surface area contributed by atoms with Crippen LogP contribution in [-0.2, 0) is 9.53 Å². The number of rotatable bonds is 3. The SMILES string of the molecule is CCC1C(=O)NCCN1C(=O)Nc1ccc(C(=O)OC)c(Cl)c1. The number of piperazine rings is 1. The Bertz CT molecular complexity index is 635. The number of carbonyl (C=O) groups excluding carboxylic acids is 3. The summed E-state index contributed by atoms with van der Waals surface area (Å²) in [6, 6.07) is 3.63. The van der Waals surface area contributed by atoms with E-state index in [0.717, 1.165) is 0 Å². The van der Waals surface area contributed by atoms with Gasteiger partial charge in [-0.1, -0.05) is 18.5 Å². The molecule has 1 aliphatic heterocycles. The fourth-order valence-electron chi connectivity index (χ4n) is 2.43. The van der Waals surface area contributed by atoms with E-state index in [4.69, 9.17) is 11.6 Å². The number of halogens is 1. The van der Waals surface area contributed by atoms with Gasteiger partial charge in [-0.3, -0.25) is 4.79 Å². The molecule has 2 rings (SSSR count). The molecule has 1 unspecified atom stereocenters. The Labute approximate surface area is 138 Å². The first-order valence-electron chi connectivity index (χ1n) is 7.21. The van der Waals surface area contributed by atoms with Crippen molar-refractivity contribution in [3.05, 3.63) is 28.8 Å². The number of ether oxygens (including phenoxy) is 1. The van der Waals surface area contributed by atoms with E-state index < -0.39 is 12.0 Å². The minimum atomic E-state index is -0.549. The summed E-state index contributed by atoms with van der Waals surface area (Å²) in [5.74, 6) is -0.709. The van der Waals surface area contributed by atoms with Crippen molar-refractivity contribution in [1.82, 2.24) is 10.2 Å². The lowest BCUT2D eigenvalue weighted by Gasteiger charge is -2.34. The van der Waals surface area contributed by atoms with Crippen molar-refractivity contribution in [2.24, 2.45) is 0 Å². The quantitative estimate of drug-likeness (QED) is 0.823. The molecule has 8 heteroatoms. The third-order valence-electron chi connectivity index (χ3n) is 3.60. The number of hydrogen-bond acceptors (Lipinski definition) is 4. The number of urea groups is 1. The molecule has 2 N–H and O–H groups in total. The smallest absolute Gasteiger partial charge is 0.339 e. The van der Waals surface area contributed by atoms with E-state index in [0.29, 0.717) is 25.2 Å². The summed E-state index contributed by atoms with van der Waals surface area (Å²) in [5, 5.41) is 5.60. The maximum absolute atomic E-state index is 12.4. The molecule has 1 heterocycles. The molecule has 7 nitrogen and oxygen atoms in total. The Morgan fingerprint density at radius 1 is 1.48 bits per heavy atom. The largest absolute Gasteiger partial charge is 0.465 e. The van der Waals surface area contributed by atoms with Crippen LogP contribution in [0.2, 0.25) is 5.02 Å². The predicted molar refractivity (Wildman–Crippen MR) is 85.6 cm³/mol. The lowest BCUT2D eigenvalue weighted by atomic mass is 10.1. The van der Waals surface area contributed by atoms with Crippen LogP contribution in [0.4, 0.5) is 10.5 Å². The van der Waals surface area contributed by atoms with E-state index in [9.17, 15) is 14.4 Å². The third-order valence-corrected chi connectivity index (χ3v) is 3.92. The monoisotopic (exact) mass is 339 g/mol. The number of esters is 1. The highest BCUT2D eigenvalue weighted by molar-refractivity contribution is 6.34. The average Bonchev–Trinajstić information content (AvgIpc) is 2.54. The van der Waals surface area contributed by atoms with E-state index in [1.165, 1.54) is 24.1 Å². The van der Waals surface area contributed by atoms with Gasteiger partial charge in [0.05, 0.1) is 17.7 Å². The highest BCUT2D eigenvalue weighted by atomic mass is 35.5. The number of anilines is 1. The molecule has 0 aromatic heterocycles. The second-order valence-corrected chi connectivity index (χ2v) is 5.43. The van der Waals surface area contributed by atoms with Gasteiger partial charge in [-0.15, -0.1) is 0 Å². The fourth-order valence-corrected chi connectivity index (χ4v) is 2.68. The van der Waals surface area contributed by atoms with Crippen molar-refractivity contribution in [3.8, 4) is 0 Å². The van der Waals surface area contributed by atoms with Crippen LogP contribution in [0.15, 0.2) is 18.2 Å². The van der Waals surface area contributed by atoms with Crippen LogP contribution < -0.4 is 10.6 Å². The van der Waals surface area contributed by atoms with Gasteiger partial charge in [-0.05, 0) is 24.6 Å². The first-order chi connectivity index (χ1) is 11.0. The first-order valence-corrected chi connectivity index (χ1v) is 7.59. The molecule has 0 spiro atoms. The Balaban J connectivity index is 2.12. The van der Waals surface area contributed by atoms with Crippen molar-refractivity contribution < 1.29 is 19.1 Å². The van der Waals surface area contributed by atoms with Gasteiger partial charge >= 0.3 is 12.0 Å². The van der Waals surface area contributed by atoms with Crippen molar-refractivity contribution in [2.75, 3.05) is 25.5 Å². The summed E-state index contributed by atoms with van der Waals surface area (Å²) < 4.78 is 4.61. The fraction of sp³-hybridized carbons (Fsp3) is 0.400. The van der Waals surface area contributed by atoms with Crippen LogP contribution in [0.25, 0.3) is 0 Å². The zero-order valence-corrected chi connectivity index (χ0v) is 13.6. The molecule has 0 aliphatic carbocycles. The summed E-state index contributed by atoms with van der Waals surface area (Å²) in [6.07, 6.45) is 0.529. The Morgan fingerprint density at radius 3 is 2.83 bits per heavy atom. The molecular formula is C15H18ClN3O4. The minimum Gasteiger partial charge on any atom is -0.465 e. The van der Waals surface area contributed by atoms with Crippen LogP contribution in [-0.4, -0.2) is 49.0 Å². The summed E-state index contributed by atoms with van der Waals surface area (Å²) >= 11 is 6.02. The van der Waals surface area contributed by atoms with Gasteiger partial charge < -0.3 is 20.3 Å². The van der Waals surface area contributed by atoms with Crippen molar-refractivity contribution >= 4 is 35.2 Å². The van der Waals surface area contributed by atoms with Crippen LogP contribution in [0.3, 0.4) is 0 Å². The van der Waals surface area contributed by atoms with E-state index >= 15 is 0 Å².